The third kappa shape index (κ3) is 6.58. The molecule has 0 atom stereocenters. The van der Waals surface area contributed by atoms with E-state index in [-0.39, 0.29) is 0 Å². The van der Waals surface area contributed by atoms with Crippen LogP contribution in [0.25, 0.3) is 0 Å². The molecule has 0 aliphatic rings. The van der Waals surface area contributed by atoms with Crippen molar-refractivity contribution in [2.75, 3.05) is 36.9 Å². The zero-order valence-electron chi connectivity index (χ0n) is 15.5. The maximum atomic E-state index is 12.4. The van der Waals surface area contributed by atoms with Gasteiger partial charge >= 0.3 is 12.0 Å². The molecular formula is C20H24ClN3O3. The summed E-state index contributed by atoms with van der Waals surface area (Å²) in [6.07, 6.45) is 0. The van der Waals surface area contributed by atoms with Crippen molar-refractivity contribution < 1.29 is 14.3 Å². The van der Waals surface area contributed by atoms with Crippen LogP contribution in [0, 0.1) is 0 Å². The highest BCUT2D eigenvalue weighted by Gasteiger charge is 2.15. The number of carbonyl (C=O) groups is 2. The first-order valence-electron chi connectivity index (χ1n) is 8.85. The maximum Gasteiger partial charge on any atom is 0.340 e. The minimum atomic E-state index is -0.468. The molecule has 6 nitrogen and oxygen atoms in total. The van der Waals surface area contributed by atoms with E-state index in [9.17, 15) is 9.59 Å². The van der Waals surface area contributed by atoms with Gasteiger partial charge in [0.25, 0.3) is 0 Å². The second-order valence-electron chi connectivity index (χ2n) is 5.79. The van der Waals surface area contributed by atoms with Gasteiger partial charge in [0.2, 0.25) is 0 Å². The number of hydrogen-bond acceptors (Lipinski definition) is 4. The standard InChI is InChI=1S/C20H24ClN3O3/c1-3-24(4-2)13-14-27-19(25)17-7-5-6-8-18(17)23-20(26)22-16-11-9-15(21)10-12-16/h5-12H,3-4,13-14H2,1-2H3,(H2,22,23,26). The fourth-order valence-electron chi connectivity index (χ4n) is 2.47. The molecule has 7 heteroatoms. The minimum Gasteiger partial charge on any atom is -0.461 e. The van der Waals surface area contributed by atoms with Gasteiger partial charge in [-0.15, -0.1) is 0 Å². The van der Waals surface area contributed by atoms with Crippen molar-refractivity contribution in [3.63, 3.8) is 0 Å². The van der Waals surface area contributed by atoms with Gasteiger partial charge in [-0.2, -0.15) is 0 Å². The number of halogens is 1. The van der Waals surface area contributed by atoms with Gasteiger partial charge in [-0.05, 0) is 49.5 Å². The molecule has 0 saturated carbocycles. The van der Waals surface area contributed by atoms with E-state index in [1.807, 2.05) is 0 Å². The second kappa shape index (κ2) is 10.5. The second-order valence-corrected chi connectivity index (χ2v) is 6.23. The number of anilines is 2. The first-order valence-corrected chi connectivity index (χ1v) is 9.23. The molecule has 0 fully saturated rings. The number of rotatable bonds is 8. The number of carbonyl (C=O) groups excluding carboxylic acids is 2. The van der Waals surface area contributed by atoms with E-state index in [2.05, 4.69) is 29.4 Å². The third-order valence-corrected chi connectivity index (χ3v) is 4.28. The number of nitrogens with zero attached hydrogens (tertiary/aromatic N) is 1. The van der Waals surface area contributed by atoms with Crippen LogP contribution in [0.4, 0.5) is 16.2 Å². The average molecular weight is 390 g/mol. The van der Waals surface area contributed by atoms with Gasteiger partial charge in [0.15, 0.2) is 0 Å². The molecule has 0 aromatic heterocycles. The number of likely N-dealkylation sites (N-methyl/N-ethyl adjacent to an activating group) is 1. The maximum absolute atomic E-state index is 12.4. The van der Waals surface area contributed by atoms with E-state index < -0.39 is 12.0 Å². The first-order chi connectivity index (χ1) is 13.0. The molecule has 144 valence electrons. The SMILES string of the molecule is CCN(CC)CCOC(=O)c1ccccc1NC(=O)Nc1ccc(Cl)cc1. The number of esters is 1. The minimum absolute atomic E-state index is 0.297. The molecule has 0 aliphatic heterocycles. The lowest BCUT2D eigenvalue weighted by atomic mass is 10.2. The zero-order valence-corrected chi connectivity index (χ0v) is 16.3. The molecule has 0 saturated heterocycles. The Kier molecular flexibility index (Phi) is 8.10. The highest BCUT2D eigenvalue weighted by Crippen LogP contribution is 2.18. The number of hydrogen-bond donors (Lipinski definition) is 2. The fraction of sp³-hybridized carbons (Fsp3) is 0.300. The van der Waals surface area contributed by atoms with E-state index >= 15 is 0 Å². The Morgan fingerprint density at radius 2 is 1.67 bits per heavy atom. The van der Waals surface area contributed by atoms with Crippen LogP contribution in [0.2, 0.25) is 5.02 Å². The van der Waals surface area contributed by atoms with Gasteiger partial charge < -0.3 is 20.3 Å². The fourth-order valence-corrected chi connectivity index (χ4v) is 2.60. The Morgan fingerprint density at radius 3 is 2.33 bits per heavy atom. The predicted octanol–water partition coefficient (Wildman–Crippen LogP) is 4.48. The molecule has 2 aromatic carbocycles. The number of benzene rings is 2. The van der Waals surface area contributed by atoms with Crippen LogP contribution in [0.5, 0.6) is 0 Å². The molecule has 27 heavy (non-hydrogen) atoms. The summed E-state index contributed by atoms with van der Waals surface area (Å²) in [5, 5.41) is 5.95. The lowest BCUT2D eigenvalue weighted by molar-refractivity contribution is 0.0467. The van der Waals surface area contributed by atoms with Crippen LogP contribution in [-0.2, 0) is 4.74 Å². The van der Waals surface area contributed by atoms with Crippen LogP contribution in [0.3, 0.4) is 0 Å². The highest BCUT2D eigenvalue weighted by atomic mass is 35.5. The molecule has 2 aromatic rings. The van der Waals surface area contributed by atoms with Gasteiger partial charge in [-0.3, -0.25) is 0 Å². The highest BCUT2D eigenvalue weighted by molar-refractivity contribution is 6.30. The molecule has 0 unspecified atom stereocenters. The van der Waals surface area contributed by atoms with Gasteiger partial charge in [0.05, 0.1) is 11.3 Å². The van der Waals surface area contributed by atoms with E-state index in [0.29, 0.717) is 35.1 Å². The topological polar surface area (TPSA) is 70.7 Å². The number of ether oxygens (including phenoxy) is 1. The molecule has 0 bridgehead atoms. The Morgan fingerprint density at radius 1 is 1.00 bits per heavy atom. The van der Waals surface area contributed by atoms with Crippen molar-refractivity contribution in [2.24, 2.45) is 0 Å². The summed E-state index contributed by atoms with van der Waals surface area (Å²) < 4.78 is 5.35. The van der Waals surface area contributed by atoms with E-state index in [1.54, 1.807) is 48.5 Å². The number of amides is 2. The van der Waals surface area contributed by atoms with Gasteiger partial charge in [-0.25, -0.2) is 9.59 Å². The Balaban J connectivity index is 1.96. The molecule has 0 heterocycles. The van der Waals surface area contributed by atoms with E-state index in [4.69, 9.17) is 16.3 Å². The molecule has 2 rings (SSSR count). The summed E-state index contributed by atoms with van der Waals surface area (Å²) in [6.45, 7) is 6.89. The summed E-state index contributed by atoms with van der Waals surface area (Å²) in [7, 11) is 0. The summed E-state index contributed by atoms with van der Waals surface area (Å²) in [5.74, 6) is -0.468. The van der Waals surface area contributed by atoms with Crippen LogP contribution in [-0.4, -0.2) is 43.1 Å². The van der Waals surface area contributed by atoms with Crippen molar-refractivity contribution in [1.82, 2.24) is 4.90 Å². The predicted molar refractivity (Wildman–Crippen MR) is 109 cm³/mol. The third-order valence-electron chi connectivity index (χ3n) is 4.03. The van der Waals surface area contributed by atoms with Crippen molar-refractivity contribution in [1.29, 1.82) is 0 Å². The van der Waals surface area contributed by atoms with Crippen LogP contribution in [0.1, 0.15) is 24.2 Å². The van der Waals surface area contributed by atoms with Crippen molar-refractivity contribution in [2.45, 2.75) is 13.8 Å². The quantitative estimate of drug-likeness (QED) is 0.653. The van der Waals surface area contributed by atoms with E-state index in [1.165, 1.54) is 0 Å². The molecular weight excluding hydrogens is 366 g/mol. The first kappa shape index (κ1) is 20.7. The number of para-hydroxylation sites is 1. The van der Waals surface area contributed by atoms with Crippen molar-refractivity contribution in [3.05, 3.63) is 59.1 Å². The molecule has 0 radical (unpaired) electrons. The van der Waals surface area contributed by atoms with Crippen molar-refractivity contribution in [3.8, 4) is 0 Å². The van der Waals surface area contributed by atoms with Crippen molar-refractivity contribution >= 4 is 35.0 Å². The van der Waals surface area contributed by atoms with Crippen LogP contribution in [0.15, 0.2) is 48.5 Å². The summed E-state index contributed by atoms with van der Waals surface area (Å²) in [5.41, 5.74) is 1.29. The monoisotopic (exact) mass is 389 g/mol. The summed E-state index contributed by atoms with van der Waals surface area (Å²) in [6, 6.07) is 13.0. The molecule has 2 amide bonds. The Hall–Kier alpha value is -2.57. The van der Waals surface area contributed by atoms with Crippen LogP contribution >= 0.6 is 11.6 Å². The Bertz CT molecular complexity index is 761. The smallest absolute Gasteiger partial charge is 0.340 e. The summed E-state index contributed by atoms with van der Waals surface area (Å²) >= 11 is 5.83. The lowest BCUT2D eigenvalue weighted by Gasteiger charge is -2.18. The molecule has 2 N–H and O–H groups in total. The van der Waals surface area contributed by atoms with Gasteiger partial charge in [0.1, 0.15) is 6.61 Å². The number of nitrogens with one attached hydrogen (secondary N) is 2. The lowest BCUT2D eigenvalue weighted by Crippen LogP contribution is -2.28. The van der Waals surface area contributed by atoms with Gasteiger partial charge in [-0.1, -0.05) is 37.6 Å². The normalized spacial score (nSPS) is 10.5. The molecule has 0 aliphatic carbocycles. The van der Waals surface area contributed by atoms with E-state index in [0.717, 1.165) is 13.1 Å². The largest absolute Gasteiger partial charge is 0.461 e. The Labute approximate surface area is 164 Å². The van der Waals surface area contributed by atoms with Gasteiger partial charge in [0, 0.05) is 17.3 Å². The van der Waals surface area contributed by atoms with Crippen LogP contribution < -0.4 is 10.6 Å². The molecule has 0 spiro atoms. The summed E-state index contributed by atoms with van der Waals surface area (Å²) in [4.78, 5) is 26.7. The average Bonchev–Trinajstić information content (AvgIpc) is 2.67. The number of urea groups is 1. The zero-order chi connectivity index (χ0) is 19.6.